The van der Waals surface area contributed by atoms with Crippen LogP contribution in [0.25, 0.3) is 0 Å². The summed E-state index contributed by atoms with van der Waals surface area (Å²) < 4.78 is 52.4. The Morgan fingerprint density at radius 3 is 2.53 bits per heavy atom. The van der Waals surface area contributed by atoms with E-state index in [9.17, 15) is 17.2 Å². The molecule has 0 bridgehead atoms. The molecule has 1 saturated heterocycles. The minimum Gasteiger partial charge on any atom is -0.212 e. The molecule has 0 amide bonds. The first-order chi connectivity index (χ1) is 6.74. The van der Waals surface area contributed by atoms with Crippen LogP contribution in [0.1, 0.15) is 26.7 Å². The number of hydrogen-bond donors (Lipinski definition) is 1. The summed E-state index contributed by atoms with van der Waals surface area (Å²) in [6.07, 6.45) is -0.246. The lowest BCUT2D eigenvalue weighted by Crippen LogP contribution is -2.43. The maximum absolute atomic E-state index is 13.4. The summed E-state index contributed by atoms with van der Waals surface area (Å²) in [5.74, 6) is -3.74. The summed E-state index contributed by atoms with van der Waals surface area (Å²) in [6, 6.07) is -0.210. The van der Waals surface area contributed by atoms with E-state index in [1.165, 1.54) is 6.92 Å². The third-order valence-electron chi connectivity index (χ3n) is 3.69. The molecule has 15 heavy (non-hydrogen) atoms. The van der Waals surface area contributed by atoms with Crippen molar-refractivity contribution in [2.45, 2.75) is 43.9 Å². The average Bonchev–Trinajstić information content (AvgIpc) is 2.25. The Balaban J connectivity index is 2.32. The van der Waals surface area contributed by atoms with Crippen molar-refractivity contribution in [1.82, 2.24) is 4.72 Å². The SMILES string of the molecule is CC1NS(=O)(=O)C2CC(F)(F)C(C)CC12. The smallest absolute Gasteiger partial charge is 0.212 e. The Bertz CT molecular complexity index is 368. The molecule has 0 aromatic carbocycles. The van der Waals surface area contributed by atoms with E-state index in [2.05, 4.69) is 4.72 Å². The van der Waals surface area contributed by atoms with Gasteiger partial charge in [0.1, 0.15) is 0 Å². The molecule has 0 aromatic heterocycles. The van der Waals surface area contributed by atoms with Crippen LogP contribution in [0.2, 0.25) is 0 Å². The zero-order chi connectivity index (χ0) is 11.4. The van der Waals surface area contributed by atoms with E-state index in [-0.39, 0.29) is 18.4 Å². The van der Waals surface area contributed by atoms with Crippen molar-refractivity contribution in [2.75, 3.05) is 0 Å². The van der Waals surface area contributed by atoms with Crippen LogP contribution in [0, 0.1) is 11.8 Å². The molecule has 1 heterocycles. The second-order valence-corrected chi connectivity index (χ2v) is 6.69. The average molecular weight is 239 g/mol. The van der Waals surface area contributed by atoms with Gasteiger partial charge in [0.15, 0.2) is 0 Å². The summed E-state index contributed by atoms with van der Waals surface area (Å²) in [7, 11) is -3.52. The normalized spacial score (nSPS) is 47.5. The predicted molar refractivity (Wildman–Crippen MR) is 52.1 cm³/mol. The summed E-state index contributed by atoms with van der Waals surface area (Å²) in [6.45, 7) is 3.24. The van der Waals surface area contributed by atoms with Gasteiger partial charge in [0, 0.05) is 18.4 Å². The van der Waals surface area contributed by atoms with Gasteiger partial charge < -0.3 is 0 Å². The number of fused-ring (bicyclic) bond motifs is 1. The molecule has 0 aromatic rings. The Hall–Kier alpha value is -0.230. The first kappa shape index (κ1) is 11.3. The highest BCUT2D eigenvalue weighted by molar-refractivity contribution is 7.90. The minimum atomic E-state index is -3.52. The van der Waals surface area contributed by atoms with Crippen molar-refractivity contribution in [3.05, 3.63) is 0 Å². The van der Waals surface area contributed by atoms with Crippen LogP contribution in [0.4, 0.5) is 8.78 Å². The molecule has 1 saturated carbocycles. The lowest BCUT2D eigenvalue weighted by Gasteiger charge is -2.36. The topological polar surface area (TPSA) is 46.2 Å². The number of alkyl halides is 2. The van der Waals surface area contributed by atoms with Crippen molar-refractivity contribution in [2.24, 2.45) is 11.8 Å². The van der Waals surface area contributed by atoms with E-state index in [1.807, 2.05) is 0 Å². The largest absolute Gasteiger partial charge is 0.251 e. The maximum atomic E-state index is 13.4. The van der Waals surface area contributed by atoms with E-state index in [1.54, 1.807) is 6.92 Å². The van der Waals surface area contributed by atoms with Crippen molar-refractivity contribution < 1.29 is 17.2 Å². The third-order valence-corrected chi connectivity index (χ3v) is 5.70. The van der Waals surface area contributed by atoms with Crippen molar-refractivity contribution in [3.63, 3.8) is 0 Å². The molecule has 2 rings (SSSR count). The van der Waals surface area contributed by atoms with E-state index in [4.69, 9.17) is 0 Å². The van der Waals surface area contributed by atoms with Crippen LogP contribution in [0.3, 0.4) is 0 Å². The van der Waals surface area contributed by atoms with Gasteiger partial charge >= 0.3 is 0 Å². The van der Waals surface area contributed by atoms with Crippen molar-refractivity contribution in [3.8, 4) is 0 Å². The predicted octanol–water partition coefficient (Wildman–Crippen LogP) is 1.36. The van der Waals surface area contributed by atoms with Gasteiger partial charge in [-0.15, -0.1) is 0 Å². The van der Waals surface area contributed by atoms with Crippen LogP contribution in [-0.4, -0.2) is 25.6 Å². The van der Waals surface area contributed by atoms with Gasteiger partial charge in [-0.3, -0.25) is 0 Å². The minimum absolute atomic E-state index is 0.162. The monoisotopic (exact) mass is 239 g/mol. The molecule has 4 unspecified atom stereocenters. The molecular weight excluding hydrogens is 224 g/mol. The lowest BCUT2D eigenvalue weighted by molar-refractivity contribution is -0.0888. The second-order valence-electron chi connectivity index (χ2n) is 4.76. The van der Waals surface area contributed by atoms with Crippen LogP contribution in [-0.2, 0) is 10.0 Å². The van der Waals surface area contributed by atoms with Crippen LogP contribution in [0.5, 0.6) is 0 Å². The molecule has 0 radical (unpaired) electrons. The molecule has 1 aliphatic heterocycles. The van der Waals surface area contributed by atoms with Crippen LogP contribution < -0.4 is 4.72 Å². The number of halogens is 2. The van der Waals surface area contributed by atoms with E-state index in [0.29, 0.717) is 0 Å². The Morgan fingerprint density at radius 1 is 1.33 bits per heavy atom. The summed E-state index contributed by atoms with van der Waals surface area (Å²) >= 11 is 0. The highest BCUT2D eigenvalue weighted by Gasteiger charge is 2.56. The third kappa shape index (κ3) is 1.67. The Labute approximate surface area is 88.3 Å². The maximum Gasteiger partial charge on any atom is 0.251 e. The number of nitrogens with one attached hydrogen (secondary N) is 1. The van der Waals surface area contributed by atoms with E-state index < -0.39 is 33.5 Å². The Kier molecular flexibility index (Phi) is 2.35. The molecule has 88 valence electrons. The van der Waals surface area contributed by atoms with Crippen LogP contribution >= 0.6 is 0 Å². The van der Waals surface area contributed by atoms with Gasteiger partial charge in [-0.1, -0.05) is 6.92 Å². The molecular formula is C9H15F2NO2S. The lowest BCUT2D eigenvalue weighted by atomic mass is 9.76. The molecule has 2 fully saturated rings. The summed E-state index contributed by atoms with van der Waals surface area (Å²) in [5, 5.41) is -0.904. The fourth-order valence-electron chi connectivity index (χ4n) is 2.65. The van der Waals surface area contributed by atoms with Crippen molar-refractivity contribution >= 4 is 10.0 Å². The summed E-state index contributed by atoms with van der Waals surface area (Å²) in [5.41, 5.74) is 0. The fraction of sp³-hybridized carbons (Fsp3) is 1.00. The van der Waals surface area contributed by atoms with E-state index >= 15 is 0 Å². The highest BCUT2D eigenvalue weighted by Crippen LogP contribution is 2.46. The zero-order valence-electron chi connectivity index (χ0n) is 8.70. The van der Waals surface area contributed by atoms with Crippen LogP contribution in [0.15, 0.2) is 0 Å². The molecule has 3 nitrogen and oxygen atoms in total. The molecule has 1 N–H and O–H groups in total. The second kappa shape index (κ2) is 3.13. The molecule has 0 spiro atoms. The zero-order valence-corrected chi connectivity index (χ0v) is 9.52. The summed E-state index contributed by atoms with van der Waals surface area (Å²) in [4.78, 5) is 0. The fourth-order valence-corrected chi connectivity index (χ4v) is 4.77. The van der Waals surface area contributed by atoms with Gasteiger partial charge in [0.2, 0.25) is 10.0 Å². The molecule has 2 aliphatic rings. The number of hydrogen-bond acceptors (Lipinski definition) is 2. The molecule has 6 heteroatoms. The quantitative estimate of drug-likeness (QED) is 0.693. The number of rotatable bonds is 0. The first-order valence-electron chi connectivity index (χ1n) is 5.13. The Morgan fingerprint density at radius 2 is 1.93 bits per heavy atom. The standard InChI is InChI=1S/C9H15F2NO2S/c1-5-3-7-6(2)12-15(13,14)8(7)4-9(5,10)11/h5-8,12H,3-4H2,1-2H3. The van der Waals surface area contributed by atoms with Gasteiger partial charge in [0.05, 0.1) is 5.25 Å². The van der Waals surface area contributed by atoms with Crippen molar-refractivity contribution in [1.29, 1.82) is 0 Å². The van der Waals surface area contributed by atoms with Gasteiger partial charge in [-0.25, -0.2) is 21.9 Å². The van der Waals surface area contributed by atoms with Gasteiger partial charge in [0.25, 0.3) is 5.92 Å². The molecule has 4 atom stereocenters. The van der Waals surface area contributed by atoms with E-state index in [0.717, 1.165) is 0 Å². The highest BCUT2D eigenvalue weighted by atomic mass is 32.2. The van der Waals surface area contributed by atoms with Gasteiger partial charge in [-0.05, 0) is 19.3 Å². The van der Waals surface area contributed by atoms with Gasteiger partial charge in [-0.2, -0.15) is 0 Å². The first-order valence-corrected chi connectivity index (χ1v) is 6.67. The number of sulfonamides is 1. The molecule has 1 aliphatic carbocycles.